The van der Waals surface area contributed by atoms with E-state index in [1.807, 2.05) is 17.5 Å². The molecule has 0 heterocycles. The fourth-order valence-corrected chi connectivity index (χ4v) is 1.60. The summed E-state index contributed by atoms with van der Waals surface area (Å²) in [5, 5.41) is 5.14. The lowest BCUT2D eigenvalue weighted by Crippen LogP contribution is -1.96. The maximum absolute atomic E-state index is 3.69. The Labute approximate surface area is 77.9 Å². The highest BCUT2D eigenvalue weighted by Crippen LogP contribution is 2.26. The summed E-state index contributed by atoms with van der Waals surface area (Å²) in [5.41, 5.74) is 1.19. The molecule has 0 aliphatic rings. The Morgan fingerprint density at radius 2 is 2.25 bits per heavy atom. The van der Waals surface area contributed by atoms with E-state index in [9.17, 15) is 0 Å². The third kappa shape index (κ3) is 2.31. The smallest absolute Gasteiger partial charge is 0.0481 e. The van der Waals surface area contributed by atoms with E-state index in [-0.39, 0.29) is 0 Å². The van der Waals surface area contributed by atoms with Crippen molar-refractivity contribution < 1.29 is 0 Å². The Hall–Kier alpha value is -0.890. The number of nitrogens with one attached hydrogen (secondary N) is 1. The van der Waals surface area contributed by atoms with Crippen molar-refractivity contribution >= 4 is 17.4 Å². The second kappa shape index (κ2) is 4.88. The first-order valence-corrected chi connectivity index (χ1v) is 4.87. The molecule has 1 N–H and O–H groups in total. The molecule has 2 heteroatoms. The summed E-state index contributed by atoms with van der Waals surface area (Å²) >= 11 is 1.64. The minimum absolute atomic E-state index is 0.953. The van der Waals surface area contributed by atoms with Crippen molar-refractivity contribution in [3.8, 4) is 0 Å². The molecule has 0 saturated carbocycles. The molecule has 1 aromatic rings. The van der Waals surface area contributed by atoms with Gasteiger partial charge < -0.3 is 5.32 Å². The Morgan fingerprint density at radius 1 is 1.50 bits per heavy atom. The summed E-state index contributed by atoms with van der Waals surface area (Å²) in [5.74, 6) is 0. The first kappa shape index (κ1) is 9.20. The van der Waals surface area contributed by atoms with Crippen molar-refractivity contribution in [1.82, 2.24) is 0 Å². The van der Waals surface area contributed by atoms with E-state index < -0.39 is 0 Å². The summed E-state index contributed by atoms with van der Waals surface area (Å²) in [6.45, 7) is 6.74. The largest absolute Gasteiger partial charge is 0.384 e. The number of benzene rings is 1. The summed E-state index contributed by atoms with van der Waals surface area (Å²) < 4.78 is 0. The molecule has 0 fully saturated rings. The van der Waals surface area contributed by atoms with Gasteiger partial charge in [0.2, 0.25) is 0 Å². The van der Waals surface area contributed by atoms with Crippen LogP contribution < -0.4 is 5.32 Å². The molecular weight excluding hydrogens is 166 g/mol. The minimum atomic E-state index is 0.953. The summed E-state index contributed by atoms with van der Waals surface area (Å²) in [6.07, 6.45) is 0. The van der Waals surface area contributed by atoms with Crippen LogP contribution in [0.5, 0.6) is 0 Å². The average Bonchev–Trinajstić information content (AvgIpc) is 2.09. The number of thioether (sulfide) groups is 1. The summed E-state index contributed by atoms with van der Waals surface area (Å²) in [7, 11) is 0. The second-order valence-electron chi connectivity index (χ2n) is 2.31. The van der Waals surface area contributed by atoms with Crippen molar-refractivity contribution in [1.29, 1.82) is 0 Å². The molecule has 1 aromatic carbocycles. The molecule has 0 radical (unpaired) electrons. The zero-order valence-electron chi connectivity index (χ0n) is 7.21. The highest BCUT2D eigenvalue weighted by molar-refractivity contribution is 8.02. The molecule has 64 valence electrons. The van der Waals surface area contributed by atoms with Crippen molar-refractivity contribution in [3.05, 3.63) is 36.3 Å². The predicted molar refractivity (Wildman–Crippen MR) is 56.7 cm³/mol. The van der Waals surface area contributed by atoms with E-state index in [0.717, 1.165) is 6.54 Å². The van der Waals surface area contributed by atoms with E-state index in [4.69, 9.17) is 0 Å². The van der Waals surface area contributed by atoms with E-state index in [0.29, 0.717) is 0 Å². The molecule has 0 unspecified atom stereocenters. The van der Waals surface area contributed by atoms with Crippen LogP contribution in [-0.2, 0) is 0 Å². The molecule has 0 aliphatic carbocycles. The van der Waals surface area contributed by atoms with Crippen LogP contribution in [0.15, 0.2) is 41.1 Å². The zero-order chi connectivity index (χ0) is 8.81. The van der Waals surface area contributed by atoms with E-state index >= 15 is 0 Å². The molecule has 0 aromatic heterocycles. The SMILES string of the molecule is C=CSc1ccccc1NCC. The highest BCUT2D eigenvalue weighted by Gasteiger charge is 1.97. The van der Waals surface area contributed by atoms with E-state index in [1.165, 1.54) is 10.6 Å². The molecule has 0 bridgehead atoms. The molecule has 0 saturated heterocycles. The lowest BCUT2D eigenvalue weighted by atomic mass is 10.3. The van der Waals surface area contributed by atoms with Gasteiger partial charge in [0.05, 0.1) is 0 Å². The van der Waals surface area contributed by atoms with Gasteiger partial charge in [0.25, 0.3) is 0 Å². The van der Waals surface area contributed by atoms with E-state index in [1.54, 1.807) is 11.8 Å². The van der Waals surface area contributed by atoms with Crippen LogP contribution in [0.2, 0.25) is 0 Å². The van der Waals surface area contributed by atoms with Crippen molar-refractivity contribution in [2.45, 2.75) is 11.8 Å². The molecular formula is C10H13NS. The lowest BCUT2D eigenvalue weighted by molar-refractivity contribution is 1.19. The fraction of sp³-hybridized carbons (Fsp3) is 0.200. The normalized spacial score (nSPS) is 9.42. The Bertz CT molecular complexity index is 258. The van der Waals surface area contributed by atoms with Gasteiger partial charge in [-0.25, -0.2) is 0 Å². The summed E-state index contributed by atoms with van der Waals surface area (Å²) in [4.78, 5) is 1.23. The van der Waals surface area contributed by atoms with Crippen molar-refractivity contribution in [2.24, 2.45) is 0 Å². The highest BCUT2D eigenvalue weighted by atomic mass is 32.2. The fourth-order valence-electron chi connectivity index (χ4n) is 0.996. The van der Waals surface area contributed by atoms with Gasteiger partial charge in [-0.3, -0.25) is 0 Å². The van der Waals surface area contributed by atoms with Gasteiger partial charge in [-0.15, -0.1) is 0 Å². The Balaban J connectivity index is 2.83. The molecule has 0 aliphatic heterocycles. The van der Waals surface area contributed by atoms with Crippen LogP contribution in [0.1, 0.15) is 6.92 Å². The quantitative estimate of drug-likeness (QED) is 0.711. The molecule has 0 amide bonds. The van der Waals surface area contributed by atoms with Gasteiger partial charge in [0.1, 0.15) is 0 Å². The minimum Gasteiger partial charge on any atom is -0.384 e. The zero-order valence-corrected chi connectivity index (χ0v) is 8.03. The average molecular weight is 179 g/mol. The van der Waals surface area contributed by atoms with Crippen molar-refractivity contribution in [3.63, 3.8) is 0 Å². The van der Waals surface area contributed by atoms with Gasteiger partial charge in [0, 0.05) is 17.1 Å². The maximum Gasteiger partial charge on any atom is 0.0481 e. The summed E-state index contributed by atoms with van der Waals surface area (Å²) in [6, 6.07) is 8.23. The van der Waals surface area contributed by atoms with Gasteiger partial charge in [-0.05, 0) is 24.5 Å². The number of anilines is 1. The topological polar surface area (TPSA) is 12.0 Å². The third-order valence-corrected chi connectivity index (χ3v) is 2.24. The number of para-hydroxylation sites is 1. The second-order valence-corrected chi connectivity index (χ2v) is 3.32. The van der Waals surface area contributed by atoms with Crippen LogP contribution in [0, 0.1) is 0 Å². The predicted octanol–water partition coefficient (Wildman–Crippen LogP) is 3.35. The Kier molecular flexibility index (Phi) is 3.74. The van der Waals surface area contributed by atoms with Crippen LogP contribution in [0.4, 0.5) is 5.69 Å². The number of hydrogen-bond donors (Lipinski definition) is 1. The van der Waals surface area contributed by atoms with E-state index in [2.05, 4.69) is 31.0 Å². The Morgan fingerprint density at radius 3 is 2.92 bits per heavy atom. The maximum atomic E-state index is 3.69. The monoisotopic (exact) mass is 179 g/mol. The van der Waals surface area contributed by atoms with Crippen LogP contribution in [0.25, 0.3) is 0 Å². The van der Waals surface area contributed by atoms with Crippen LogP contribution >= 0.6 is 11.8 Å². The molecule has 0 atom stereocenters. The first-order chi connectivity index (χ1) is 5.88. The third-order valence-electron chi connectivity index (χ3n) is 1.46. The van der Waals surface area contributed by atoms with Crippen LogP contribution in [-0.4, -0.2) is 6.54 Å². The molecule has 12 heavy (non-hydrogen) atoms. The molecule has 1 nitrogen and oxygen atoms in total. The molecule has 0 spiro atoms. The first-order valence-electron chi connectivity index (χ1n) is 3.99. The number of rotatable bonds is 4. The standard InChI is InChI=1S/C10H13NS/c1-3-11-9-7-5-6-8-10(9)12-4-2/h4-8,11H,2-3H2,1H3. The van der Waals surface area contributed by atoms with Crippen molar-refractivity contribution in [2.75, 3.05) is 11.9 Å². The van der Waals surface area contributed by atoms with Gasteiger partial charge >= 0.3 is 0 Å². The molecule has 1 rings (SSSR count). The van der Waals surface area contributed by atoms with Gasteiger partial charge in [-0.2, -0.15) is 0 Å². The van der Waals surface area contributed by atoms with Gasteiger partial charge in [-0.1, -0.05) is 30.5 Å². The van der Waals surface area contributed by atoms with Gasteiger partial charge in [0.15, 0.2) is 0 Å². The van der Waals surface area contributed by atoms with Crippen LogP contribution in [0.3, 0.4) is 0 Å². The number of hydrogen-bond acceptors (Lipinski definition) is 2. The lowest BCUT2D eigenvalue weighted by Gasteiger charge is -2.07.